The largest absolute Gasteiger partial charge is 0.447 e. The Morgan fingerprint density at radius 2 is 1.95 bits per heavy atom. The Kier molecular flexibility index (Phi) is 5.19. The molecule has 0 spiro atoms. The van der Waals surface area contributed by atoms with Crippen molar-refractivity contribution in [3.63, 3.8) is 0 Å². The molecule has 1 aromatic carbocycles. The summed E-state index contributed by atoms with van der Waals surface area (Å²) < 4.78 is 5.05. The molecule has 120 valence electrons. The highest BCUT2D eigenvalue weighted by Crippen LogP contribution is 2.23. The topological polar surface area (TPSA) is 66.8 Å². The molecule has 1 saturated heterocycles. The molecule has 22 heavy (non-hydrogen) atoms. The molecule has 1 aromatic rings. The van der Waals surface area contributed by atoms with Crippen molar-refractivity contribution < 1.29 is 19.4 Å². The van der Waals surface area contributed by atoms with Gasteiger partial charge < -0.3 is 9.84 Å². The molecule has 1 heterocycles. The van der Waals surface area contributed by atoms with Gasteiger partial charge in [-0.1, -0.05) is 51.1 Å². The van der Waals surface area contributed by atoms with Crippen LogP contribution in [-0.2, 0) is 16.0 Å². The molecule has 2 amide bonds. The van der Waals surface area contributed by atoms with Crippen molar-refractivity contribution in [2.75, 3.05) is 6.61 Å². The summed E-state index contributed by atoms with van der Waals surface area (Å²) in [6, 6.07) is 9.36. The zero-order chi connectivity index (χ0) is 16.3. The first kappa shape index (κ1) is 16.5. The number of rotatable bonds is 5. The standard InChI is InChI=1S/C17H23NO4/c1-11(2)15(19)12(3)16(20)18-14(10-22-17(18)21)9-13-7-5-4-6-8-13/h4-8,11-12,14-15,19H,9-10H2,1-3H3/t12?,14-,15+/m0/s1. The van der Waals surface area contributed by atoms with Crippen LogP contribution in [0.1, 0.15) is 26.3 Å². The van der Waals surface area contributed by atoms with Gasteiger partial charge in [-0.25, -0.2) is 9.69 Å². The van der Waals surface area contributed by atoms with E-state index >= 15 is 0 Å². The number of hydrogen-bond acceptors (Lipinski definition) is 4. The predicted octanol–water partition coefficient (Wildman–Crippen LogP) is 2.23. The highest BCUT2D eigenvalue weighted by Gasteiger charge is 2.41. The second-order valence-corrected chi connectivity index (χ2v) is 6.15. The maximum absolute atomic E-state index is 12.6. The van der Waals surface area contributed by atoms with Crippen LogP contribution in [0.3, 0.4) is 0 Å². The molecular weight excluding hydrogens is 282 g/mol. The third-order valence-electron chi connectivity index (χ3n) is 4.10. The average molecular weight is 305 g/mol. The number of carbonyl (C=O) groups is 2. The second-order valence-electron chi connectivity index (χ2n) is 6.15. The van der Waals surface area contributed by atoms with E-state index in [2.05, 4.69) is 0 Å². The van der Waals surface area contributed by atoms with Gasteiger partial charge in [0, 0.05) is 0 Å². The van der Waals surface area contributed by atoms with Crippen LogP contribution in [0.2, 0.25) is 0 Å². The SMILES string of the molecule is CC(C)[C@@H](O)C(C)C(=O)N1C(=O)OC[C@@H]1Cc1ccccc1. The molecule has 0 radical (unpaired) electrons. The van der Waals surface area contributed by atoms with Crippen molar-refractivity contribution in [3.8, 4) is 0 Å². The summed E-state index contributed by atoms with van der Waals surface area (Å²) in [6.45, 7) is 5.54. The number of imide groups is 1. The van der Waals surface area contributed by atoms with Gasteiger partial charge in [-0.3, -0.25) is 4.79 Å². The van der Waals surface area contributed by atoms with Gasteiger partial charge >= 0.3 is 6.09 Å². The minimum atomic E-state index is -0.779. The van der Waals surface area contributed by atoms with Crippen LogP contribution in [0.4, 0.5) is 4.79 Å². The number of aliphatic hydroxyl groups is 1. The van der Waals surface area contributed by atoms with Crippen molar-refractivity contribution in [3.05, 3.63) is 35.9 Å². The molecular formula is C17H23NO4. The number of cyclic esters (lactones) is 1. The Morgan fingerprint density at radius 1 is 1.32 bits per heavy atom. The van der Waals surface area contributed by atoms with E-state index in [1.54, 1.807) is 6.92 Å². The van der Waals surface area contributed by atoms with Gasteiger partial charge in [0.25, 0.3) is 0 Å². The minimum Gasteiger partial charge on any atom is -0.447 e. The lowest BCUT2D eigenvalue weighted by Crippen LogP contribution is -2.46. The molecule has 1 fully saturated rings. The lowest BCUT2D eigenvalue weighted by molar-refractivity contribution is -0.137. The molecule has 0 aliphatic carbocycles. The highest BCUT2D eigenvalue weighted by molar-refractivity contribution is 5.95. The summed E-state index contributed by atoms with van der Waals surface area (Å²) in [5.74, 6) is -1.06. The molecule has 3 atom stereocenters. The minimum absolute atomic E-state index is 0.0508. The Morgan fingerprint density at radius 3 is 2.55 bits per heavy atom. The van der Waals surface area contributed by atoms with Crippen LogP contribution in [-0.4, -0.2) is 40.8 Å². The summed E-state index contributed by atoms with van der Waals surface area (Å²) in [4.78, 5) is 25.7. The number of aliphatic hydroxyl groups excluding tert-OH is 1. The number of hydrogen-bond donors (Lipinski definition) is 1. The first-order chi connectivity index (χ1) is 10.4. The number of amides is 2. The smallest absolute Gasteiger partial charge is 0.416 e. The highest BCUT2D eigenvalue weighted by atomic mass is 16.6. The Hall–Kier alpha value is -1.88. The molecule has 1 aliphatic rings. The molecule has 0 saturated carbocycles. The van der Waals surface area contributed by atoms with Crippen LogP contribution in [0.5, 0.6) is 0 Å². The van der Waals surface area contributed by atoms with Crippen molar-refractivity contribution in [2.45, 2.75) is 39.3 Å². The van der Waals surface area contributed by atoms with Gasteiger partial charge in [0.15, 0.2) is 0 Å². The fourth-order valence-electron chi connectivity index (χ4n) is 2.71. The van der Waals surface area contributed by atoms with Gasteiger partial charge in [-0.2, -0.15) is 0 Å². The second kappa shape index (κ2) is 6.92. The van der Waals surface area contributed by atoms with E-state index in [0.717, 1.165) is 5.56 Å². The first-order valence-electron chi connectivity index (χ1n) is 7.63. The molecule has 5 nitrogen and oxygen atoms in total. The molecule has 0 aromatic heterocycles. The van der Waals surface area contributed by atoms with E-state index in [4.69, 9.17) is 4.74 Å². The Bertz CT molecular complexity index is 529. The number of carbonyl (C=O) groups excluding carboxylic acids is 2. The van der Waals surface area contributed by atoms with E-state index in [-0.39, 0.29) is 24.5 Å². The van der Waals surface area contributed by atoms with Crippen molar-refractivity contribution in [1.82, 2.24) is 4.90 Å². The molecule has 0 bridgehead atoms. The van der Waals surface area contributed by atoms with Gasteiger partial charge in [0.1, 0.15) is 6.61 Å². The lowest BCUT2D eigenvalue weighted by atomic mass is 9.93. The van der Waals surface area contributed by atoms with Gasteiger partial charge in [-0.15, -0.1) is 0 Å². The van der Waals surface area contributed by atoms with Crippen LogP contribution < -0.4 is 0 Å². The van der Waals surface area contributed by atoms with Crippen molar-refractivity contribution in [2.24, 2.45) is 11.8 Å². The summed E-state index contributed by atoms with van der Waals surface area (Å²) in [6.07, 6.45) is -0.838. The number of nitrogens with zero attached hydrogens (tertiary/aromatic N) is 1. The Balaban J connectivity index is 2.12. The predicted molar refractivity (Wildman–Crippen MR) is 82.1 cm³/mol. The fraction of sp³-hybridized carbons (Fsp3) is 0.529. The van der Waals surface area contributed by atoms with Crippen LogP contribution in [0.25, 0.3) is 0 Å². The molecule has 1 N–H and O–H groups in total. The molecule has 1 unspecified atom stereocenters. The first-order valence-corrected chi connectivity index (χ1v) is 7.63. The zero-order valence-corrected chi connectivity index (χ0v) is 13.2. The van der Waals surface area contributed by atoms with Crippen LogP contribution >= 0.6 is 0 Å². The number of ether oxygens (including phenoxy) is 1. The summed E-state index contributed by atoms with van der Waals surface area (Å²) >= 11 is 0. The van der Waals surface area contributed by atoms with Crippen molar-refractivity contribution in [1.29, 1.82) is 0 Å². The van der Waals surface area contributed by atoms with Crippen molar-refractivity contribution >= 4 is 12.0 Å². The summed E-state index contributed by atoms with van der Waals surface area (Å²) in [5.41, 5.74) is 1.04. The quantitative estimate of drug-likeness (QED) is 0.906. The maximum atomic E-state index is 12.6. The fourth-order valence-corrected chi connectivity index (χ4v) is 2.71. The van der Waals surface area contributed by atoms with Gasteiger partial charge in [0.05, 0.1) is 18.1 Å². The van der Waals surface area contributed by atoms with E-state index in [0.29, 0.717) is 6.42 Å². The van der Waals surface area contributed by atoms with Crippen LogP contribution in [0, 0.1) is 11.8 Å². The van der Waals surface area contributed by atoms with Gasteiger partial charge in [-0.05, 0) is 17.9 Å². The van der Waals surface area contributed by atoms with E-state index < -0.39 is 18.1 Å². The summed E-state index contributed by atoms with van der Waals surface area (Å²) in [7, 11) is 0. The molecule has 2 rings (SSSR count). The lowest BCUT2D eigenvalue weighted by Gasteiger charge is -2.27. The Labute approximate surface area is 130 Å². The van der Waals surface area contributed by atoms with Gasteiger partial charge in [0.2, 0.25) is 5.91 Å². The van der Waals surface area contributed by atoms with E-state index in [1.165, 1.54) is 4.90 Å². The maximum Gasteiger partial charge on any atom is 0.416 e. The zero-order valence-electron chi connectivity index (χ0n) is 13.2. The van der Waals surface area contributed by atoms with E-state index in [9.17, 15) is 14.7 Å². The molecule has 5 heteroatoms. The van der Waals surface area contributed by atoms with Crippen LogP contribution in [0.15, 0.2) is 30.3 Å². The molecule has 1 aliphatic heterocycles. The third-order valence-corrected chi connectivity index (χ3v) is 4.10. The summed E-state index contributed by atoms with van der Waals surface area (Å²) in [5, 5.41) is 10.1. The number of benzene rings is 1. The average Bonchev–Trinajstić information content (AvgIpc) is 2.86. The normalized spacial score (nSPS) is 20.9. The third kappa shape index (κ3) is 3.47. The monoisotopic (exact) mass is 305 g/mol. The van der Waals surface area contributed by atoms with E-state index in [1.807, 2.05) is 44.2 Å².